The van der Waals surface area contributed by atoms with Crippen molar-refractivity contribution >= 4 is 47.4 Å². The van der Waals surface area contributed by atoms with Gasteiger partial charge in [0.2, 0.25) is 5.89 Å². The second-order valence-electron chi connectivity index (χ2n) is 6.62. The lowest BCUT2D eigenvalue weighted by molar-refractivity contribution is 0.282. The fourth-order valence-electron chi connectivity index (χ4n) is 2.11. The maximum absolute atomic E-state index is 9.21. The number of nitrogens with one attached hydrogen (secondary N) is 1. The molecular weight excluding hydrogens is 370 g/mol. The Kier molecular flexibility index (Phi) is 5.63. The van der Waals surface area contributed by atoms with Crippen LogP contribution in [-0.4, -0.2) is 23.1 Å². The summed E-state index contributed by atoms with van der Waals surface area (Å²) in [6, 6.07) is 7.67. The van der Waals surface area contributed by atoms with Crippen molar-refractivity contribution in [2.75, 3.05) is 5.32 Å². The minimum absolute atomic E-state index is 0.0318. The molecule has 2 N–H and O–H groups in total. The molecule has 3 rings (SSSR count). The molecule has 2 heterocycles. The van der Waals surface area contributed by atoms with Crippen LogP contribution in [0.15, 0.2) is 45.3 Å². The minimum Gasteiger partial charge on any atom is -0.450 e. The number of nitrogens with zero attached hydrogens (tertiary/aromatic N) is 2. The van der Waals surface area contributed by atoms with Crippen LogP contribution in [0, 0.1) is 0 Å². The van der Waals surface area contributed by atoms with Gasteiger partial charge in [-0.3, -0.25) is 0 Å². The van der Waals surface area contributed by atoms with Crippen molar-refractivity contribution in [3.8, 4) is 0 Å². The quantitative estimate of drug-likeness (QED) is 0.464. The molecular formula is C17H21N3O2S2Si. The molecule has 25 heavy (non-hydrogen) atoms. The van der Waals surface area contributed by atoms with Crippen molar-refractivity contribution in [3.05, 3.63) is 48.1 Å². The first kappa shape index (κ1) is 18.2. The van der Waals surface area contributed by atoms with Crippen LogP contribution in [0.3, 0.4) is 0 Å². The smallest absolute Gasteiger partial charge is 0.204 e. The van der Waals surface area contributed by atoms with Crippen molar-refractivity contribution in [1.82, 2.24) is 9.97 Å². The van der Waals surface area contributed by atoms with Gasteiger partial charge in [0.1, 0.15) is 13.5 Å². The summed E-state index contributed by atoms with van der Waals surface area (Å²) in [7, 11) is -1.44. The number of anilines is 2. The van der Waals surface area contributed by atoms with Crippen LogP contribution in [-0.2, 0) is 12.4 Å². The number of hydrogen-bond acceptors (Lipinski definition) is 7. The third kappa shape index (κ3) is 4.94. The number of rotatable bonds is 7. The second kappa shape index (κ2) is 7.73. The third-order valence-corrected chi connectivity index (χ3v) is 7.28. The second-order valence-corrected chi connectivity index (χ2v) is 13.9. The van der Waals surface area contributed by atoms with Gasteiger partial charge in [-0.25, -0.2) is 9.97 Å². The lowest BCUT2D eigenvalue weighted by atomic mass is 10.2. The Balaban J connectivity index is 1.59. The van der Waals surface area contributed by atoms with E-state index in [1.165, 1.54) is 0 Å². The summed E-state index contributed by atoms with van der Waals surface area (Å²) in [5.41, 5.74) is 1.79. The first-order chi connectivity index (χ1) is 11.9. The fourth-order valence-corrected chi connectivity index (χ4v) is 4.73. The summed E-state index contributed by atoms with van der Waals surface area (Å²) in [4.78, 5) is 8.79. The molecule has 0 atom stereocenters. The number of benzene rings is 1. The molecule has 0 spiro atoms. The van der Waals surface area contributed by atoms with Gasteiger partial charge < -0.3 is 14.8 Å². The topological polar surface area (TPSA) is 71.2 Å². The summed E-state index contributed by atoms with van der Waals surface area (Å²) in [5.74, 6) is 1.47. The molecule has 0 fully saturated rings. The number of aliphatic hydroxyl groups is 1. The SMILES string of the molecule is C[Si](C)(C)c1cnc(CSc2cnc(Nc3cccc(CO)c3)s2)o1. The zero-order valence-electron chi connectivity index (χ0n) is 14.4. The largest absolute Gasteiger partial charge is 0.450 e. The number of hydrogen-bond donors (Lipinski definition) is 2. The molecule has 0 radical (unpaired) electrons. The number of oxazole rings is 1. The van der Waals surface area contributed by atoms with E-state index in [1.807, 2.05) is 36.7 Å². The highest BCUT2D eigenvalue weighted by Crippen LogP contribution is 2.32. The number of aliphatic hydroxyl groups excluding tert-OH is 1. The number of aromatic nitrogens is 2. The lowest BCUT2D eigenvalue weighted by Gasteiger charge is -2.09. The van der Waals surface area contributed by atoms with E-state index < -0.39 is 8.07 Å². The molecule has 1 aromatic carbocycles. The van der Waals surface area contributed by atoms with E-state index in [1.54, 1.807) is 23.1 Å². The van der Waals surface area contributed by atoms with Gasteiger partial charge in [0.05, 0.1) is 29.0 Å². The van der Waals surface area contributed by atoms with Gasteiger partial charge in [-0.15, -0.1) is 11.8 Å². The van der Waals surface area contributed by atoms with Crippen LogP contribution in [0.1, 0.15) is 11.5 Å². The Morgan fingerprint density at radius 3 is 2.80 bits per heavy atom. The fraction of sp³-hybridized carbons (Fsp3) is 0.294. The minimum atomic E-state index is -1.44. The Bertz CT molecular complexity index is 842. The highest BCUT2D eigenvalue weighted by Gasteiger charge is 2.21. The van der Waals surface area contributed by atoms with E-state index in [0.717, 1.165) is 31.9 Å². The maximum Gasteiger partial charge on any atom is 0.204 e. The standard InChI is InChI=1S/C17H21N3O2S2Si/c1-25(2,3)15-8-18-14(22-15)11-23-16-9-19-17(24-16)20-13-6-4-5-12(7-13)10-21/h4-9,21H,10-11H2,1-3H3,(H,19,20). The summed E-state index contributed by atoms with van der Waals surface area (Å²) in [6.07, 6.45) is 3.73. The van der Waals surface area contributed by atoms with Crippen LogP contribution in [0.2, 0.25) is 19.6 Å². The first-order valence-corrected chi connectivity index (χ1v) is 13.2. The van der Waals surface area contributed by atoms with Crippen molar-refractivity contribution in [3.63, 3.8) is 0 Å². The van der Waals surface area contributed by atoms with E-state index in [-0.39, 0.29) is 6.61 Å². The van der Waals surface area contributed by atoms with Crippen molar-refractivity contribution in [2.24, 2.45) is 0 Å². The van der Waals surface area contributed by atoms with Crippen LogP contribution in [0.4, 0.5) is 10.8 Å². The van der Waals surface area contributed by atoms with Gasteiger partial charge in [-0.1, -0.05) is 43.1 Å². The molecule has 0 saturated carbocycles. The molecule has 0 aliphatic heterocycles. The predicted molar refractivity (Wildman–Crippen MR) is 107 cm³/mol. The Labute approximate surface area is 156 Å². The first-order valence-electron chi connectivity index (χ1n) is 7.94. The van der Waals surface area contributed by atoms with Crippen LogP contribution >= 0.6 is 23.1 Å². The summed E-state index contributed by atoms with van der Waals surface area (Å²) in [5, 5.41) is 14.3. The molecule has 0 aliphatic rings. The highest BCUT2D eigenvalue weighted by atomic mass is 32.2. The van der Waals surface area contributed by atoms with Crippen molar-refractivity contribution < 1.29 is 9.52 Å². The zero-order valence-corrected chi connectivity index (χ0v) is 17.1. The van der Waals surface area contributed by atoms with Crippen molar-refractivity contribution in [2.45, 2.75) is 36.2 Å². The molecule has 8 heteroatoms. The molecule has 5 nitrogen and oxygen atoms in total. The van der Waals surface area contributed by atoms with Gasteiger partial charge in [-0.05, 0) is 17.7 Å². The number of thiazole rings is 1. The number of thioether (sulfide) groups is 1. The Hall–Kier alpha value is -1.61. The molecule has 0 bridgehead atoms. The molecule has 132 valence electrons. The monoisotopic (exact) mass is 391 g/mol. The van der Waals surface area contributed by atoms with Crippen LogP contribution < -0.4 is 10.7 Å². The van der Waals surface area contributed by atoms with E-state index in [9.17, 15) is 5.11 Å². The average Bonchev–Trinajstić information content (AvgIpc) is 3.22. The maximum atomic E-state index is 9.21. The molecule has 3 aromatic rings. The molecule has 0 aliphatic carbocycles. The van der Waals surface area contributed by atoms with Gasteiger partial charge in [0, 0.05) is 5.69 Å². The summed E-state index contributed by atoms with van der Waals surface area (Å²) < 4.78 is 6.98. The van der Waals surface area contributed by atoms with Gasteiger partial charge in [-0.2, -0.15) is 0 Å². The van der Waals surface area contributed by atoms with Gasteiger partial charge in [0.15, 0.2) is 5.13 Å². The normalized spacial score (nSPS) is 11.7. The molecule has 0 saturated heterocycles. The van der Waals surface area contributed by atoms with Crippen LogP contribution in [0.25, 0.3) is 0 Å². The van der Waals surface area contributed by atoms with Gasteiger partial charge in [0.25, 0.3) is 0 Å². The van der Waals surface area contributed by atoms with E-state index >= 15 is 0 Å². The lowest BCUT2D eigenvalue weighted by Crippen LogP contribution is -2.36. The highest BCUT2D eigenvalue weighted by molar-refractivity contribution is 8.00. The van der Waals surface area contributed by atoms with Gasteiger partial charge >= 0.3 is 0 Å². The third-order valence-electron chi connectivity index (χ3n) is 3.48. The Morgan fingerprint density at radius 2 is 2.08 bits per heavy atom. The predicted octanol–water partition coefficient (Wildman–Crippen LogP) is 4.20. The molecule has 0 amide bonds. The molecule has 2 aromatic heterocycles. The van der Waals surface area contributed by atoms with E-state index in [0.29, 0.717) is 5.75 Å². The van der Waals surface area contributed by atoms with E-state index in [2.05, 4.69) is 34.9 Å². The zero-order chi connectivity index (χ0) is 17.9. The molecule has 0 unspecified atom stereocenters. The summed E-state index contributed by atoms with van der Waals surface area (Å²) in [6.45, 7) is 6.77. The summed E-state index contributed by atoms with van der Waals surface area (Å²) >= 11 is 3.26. The Morgan fingerprint density at radius 1 is 1.24 bits per heavy atom. The van der Waals surface area contributed by atoms with Crippen molar-refractivity contribution in [1.29, 1.82) is 0 Å². The van der Waals surface area contributed by atoms with E-state index in [4.69, 9.17) is 4.42 Å². The average molecular weight is 392 g/mol. The van der Waals surface area contributed by atoms with Crippen LogP contribution in [0.5, 0.6) is 0 Å².